The Labute approximate surface area is 240 Å². The fraction of sp³-hybridized carbons (Fsp3) is 0.310. The van der Waals surface area contributed by atoms with Crippen molar-refractivity contribution >= 4 is 51.3 Å². The smallest absolute Gasteiger partial charge is 0.341 e. The molecule has 0 radical (unpaired) electrons. The number of ether oxygens (including phenoxy) is 1. The van der Waals surface area contributed by atoms with Crippen LogP contribution in [0.1, 0.15) is 39.7 Å². The summed E-state index contributed by atoms with van der Waals surface area (Å²) in [6.07, 6.45) is 5.16. The number of fused-ring (bicyclic) bond motifs is 1. The SMILES string of the molecule is C=CCn1c(SCC(=O)Nc2scc(-c3ccc(C)cc3)c2C(=O)OC)nnc1-c1csc2c1CCC(C)C2. The van der Waals surface area contributed by atoms with Gasteiger partial charge in [-0.1, -0.05) is 54.6 Å². The van der Waals surface area contributed by atoms with Gasteiger partial charge in [-0.05, 0) is 43.2 Å². The molecule has 1 unspecified atom stereocenters. The van der Waals surface area contributed by atoms with Crippen LogP contribution in [0, 0.1) is 12.8 Å². The van der Waals surface area contributed by atoms with Crippen molar-refractivity contribution in [2.75, 3.05) is 18.2 Å². The number of aromatic nitrogens is 3. The number of carbonyl (C=O) groups is 2. The third kappa shape index (κ3) is 5.73. The third-order valence-electron chi connectivity index (χ3n) is 6.80. The summed E-state index contributed by atoms with van der Waals surface area (Å²) in [4.78, 5) is 27.1. The Kier molecular flexibility index (Phi) is 8.34. The highest BCUT2D eigenvalue weighted by Crippen LogP contribution is 2.39. The number of hydrogen-bond acceptors (Lipinski definition) is 8. The Morgan fingerprint density at radius 3 is 2.72 bits per heavy atom. The first-order valence-corrected chi connectivity index (χ1v) is 15.5. The first kappa shape index (κ1) is 27.4. The molecule has 0 bridgehead atoms. The Bertz CT molecular complexity index is 1520. The van der Waals surface area contributed by atoms with Crippen LogP contribution in [0.5, 0.6) is 0 Å². The number of esters is 1. The van der Waals surface area contributed by atoms with Gasteiger partial charge in [0.1, 0.15) is 10.6 Å². The van der Waals surface area contributed by atoms with Gasteiger partial charge in [0, 0.05) is 33.3 Å². The number of methoxy groups -OCH3 is 1. The molecule has 7 nitrogen and oxygen atoms in total. The summed E-state index contributed by atoms with van der Waals surface area (Å²) in [6, 6.07) is 7.90. The predicted molar refractivity (Wildman–Crippen MR) is 160 cm³/mol. The number of rotatable bonds is 9. The Balaban J connectivity index is 1.33. The minimum Gasteiger partial charge on any atom is -0.465 e. The lowest BCUT2D eigenvalue weighted by atomic mass is 9.88. The van der Waals surface area contributed by atoms with Crippen molar-refractivity contribution in [2.45, 2.75) is 44.8 Å². The molecule has 5 rings (SSSR count). The standard InChI is InChI=1S/C29H30N4O3S3/c1-5-12-33-26(22-15-37-23-13-18(3)8-11-20(22)23)31-32-29(33)39-16-24(34)30-27-25(28(35)36-4)21(14-38-27)19-9-6-17(2)7-10-19/h5-7,9-10,14-15,18H,1,8,11-13,16H2,2-4H3,(H,30,34). The molecule has 10 heteroatoms. The predicted octanol–water partition coefficient (Wildman–Crippen LogP) is 6.87. The van der Waals surface area contributed by atoms with E-state index in [0.717, 1.165) is 40.9 Å². The van der Waals surface area contributed by atoms with Crippen molar-refractivity contribution in [3.63, 3.8) is 0 Å². The summed E-state index contributed by atoms with van der Waals surface area (Å²) in [7, 11) is 1.34. The number of thiophene rings is 2. The Hall–Kier alpha value is -3.21. The number of amides is 1. The second-order valence-corrected chi connectivity index (χ2v) is 12.4. The highest BCUT2D eigenvalue weighted by atomic mass is 32.2. The lowest BCUT2D eigenvalue weighted by molar-refractivity contribution is -0.113. The van der Waals surface area contributed by atoms with Crippen molar-refractivity contribution < 1.29 is 14.3 Å². The highest BCUT2D eigenvalue weighted by molar-refractivity contribution is 7.99. The van der Waals surface area contributed by atoms with Crippen LogP contribution in [-0.4, -0.2) is 39.5 Å². The van der Waals surface area contributed by atoms with E-state index < -0.39 is 5.97 Å². The molecule has 1 aromatic carbocycles. The minimum atomic E-state index is -0.487. The van der Waals surface area contributed by atoms with E-state index in [2.05, 4.69) is 34.4 Å². The summed E-state index contributed by atoms with van der Waals surface area (Å²) < 4.78 is 7.06. The van der Waals surface area contributed by atoms with Crippen molar-refractivity contribution in [2.24, 2.45) is 5.92 Å². The van der Waals surface area contributed by atoms with Crippen molar-refractivity contribution in [3.05, 3.63) is 69.2 Å². The van der Waals surface area contributed by atoms with Crippen LogP contribution >= 0.6 is 34.4 Å². The van der Waals surface area contributed by atoms with E-state index in [1.807, 2.05) is 47.2 Å². The number of nitrogens with one attached hydrogen (secondary N) is 1. The van der Waals surface area contributed by atoms with E-state index in [1.54, 1.807) is 11.3 Å². The molecule has 1 aliphatic carbocycles. The molecule has 3 aromatic heterocycles. The van der Waals surface area contributed by atoms with Gasteiger partial charge in [0.25, 0.3) is 0 Å². The molecule has 0 saturated heterocycles. The molecule has 4 aromatic rings. The number of anilines is 1. The second-order valence-electron chi connectivity index (χ2n) is 9.65. The zero-order valence-corrected chi connectivity index (χ0v) is 24.6. The van der Waals surface area contributed by atoms with Gasteiger partial charge in [-0.3, -0.25) is 9.36 Å². The molecule has 3 heterocycles. The van der Waals surface area contributed by atoms with Gasteiger partial charge in [0.15, 0.2) is 11.0 Å². The van der Waals surface area contributed by atoms with Crippen LogP contribution in [-0.2, 0) is 28.9 Å². The van der Waals surface area contributed by atoms with Gasteiger partial charge in [0.2, 0.25) is 5.91 Å². The highest BCUT2D eigenvalue weighted by Gasteiger charge is 2.25. The summed E-state index contributed by atoms with van der Waals surface area (Å²) in [6.45, 7) is 8.77. The lowest BCUT2D eigenvalue weighted by Crippen LogP contribution is -2.16. The van der Waals surface area contributed by atoms with Crippen LogP contribution in [0.15, 0.2) is 52.8 Å². The zero-order chi connectivity index (χ0) is 27.5. The molecule has 0 aliphatic heterocycles. The molecule has 1 aliphatic rings. The first-order valence-electron chi connectivity index (χ1n) is 12.7. The van der Waals surface area contributed by atoms with E-state index in [9.17, 15) is 9.59 Å². The summed E-state index contributed by atoms with van der Waals surface area (Å²) in [5, 5.41) is 17.0. The number of benzene rings is 1. The molecule has 0 saturated carbocycles. The lowest BCUT2D eigenvalue weighted by Gasteiger charge is -2.19. The average molecular weight is 579 g/mol. The van der Waals surface area contributed by atoms with Crippen molar-refractivity contribution in [1.29, 1.82) is 0 Å². The molecule has 39 heavy (non-hydrogen) atoms. The number of aryl methyl sites for hydroxylation is 1. The first-order chi connectivity index (χ1) is 18.9. The summed E-state index contributed by atoms with van der Waals surface area (Å²) in [5.74, 6) is 0.916. The van der Waals surface area contributed by atoms with E-state index in [-0.39, 0.29) is 11.7 Å². The fourth-order valence-electron chi connectivity index (χ4n) is 4.75. The van der Waals surface area contributed by atoms with Gasteiger partial charge in [-0.25, -0.2) is 4.79 Å². The number of hydrogen-bond donors (Lipinski definition) is 1. The largest absolute Gasteiger partial charge is 0.465 e. The molecule has 0 fully saturated rings. The normalized spacial score (nSPS) is 14.6. The number of allylic oxidation sites excluding steroid dienone is 1. The van der Waals surface area contributed by atoms with Crippen molar-refractivity contribution in [1.82, 2.24) is 14.8 Å². The number of nitrogens with zero attached hydrogens (tertiary/aromatic N) is 3. The molecular formula is C29H30N4O3S3. The number of carbonyl (C=O) groups excluding carboxylic acids is 2. The van der Waals surface area contributed by atoms with E-state index in [0.29, 0.717) is 28.2 Å². The maximum atomic E-state index is 13.0. The monoisotopic (exact) mass is 578 g/mol. The van der Waals surface area contributed by atoms with Crippen molar-refractivity contribution in [3.8, 4) is 22.5 Å². The summed E-state index contributed by atoms with van der Waals surface area (Å²) in [5.41, 5.74) is 5.62. The van der Waals surface area contributed by atoms with E-state index >= 15 is 0 Å². The molecule has 0 spiro atoms. The Morgan fingerprint density at radius 1 is 1.21 bits per heavy atom. The molecule has 1 amide bonds. The van der Waals surface area contributed by atoms with Crippen LogP contribution in [0.4, 0.5) is 5.00 Å². The third-order valence-corrected chi connectivity index (χ3v) is 9.71. The Morgan fingerprint density at radius 2 is 1.97 bits per heavy atom. The van der Waals surface area contributed by atoms with Gasteiger partial charge in [-0.2, -0.15) is 0 Å². The van der Waals surface area contributed by atoms with Gasteiger partial charge in [-0.15, -0.1) is 39.4 Å². The number of thioether (sulfide) groups is 1. The van der Waals surface area contributed by atoms with Crippen LogP contribution in [0.25, 0.3) is 22.5 Å². The van der Waals surface area contributed by atoms with E-state index in [4.69, 9.17) is 4.74 Å². The van der Waals surface area contributed by atoms with Gasteiger partial charge < -0.3 is 10.1 Å². The van der Waals surface area contributed by atoms with Gasteiger partial charge >= 0.3 is 5.97 Å². The quantitative estimate of drug-likeness (QED) is 0.133. The summed E-state index contributed by atoms with van der Waals surface area (Å²) >= 11 is 4.42. The molecule has 1 N–H and O–H groups in total. The maximum absolute atomic E-state index is 13.0. The minimum absolute atomic E-state index is 0.118. The molecule has 1 atom stereocenters. The molecular weight excluding hydrogens is 549 g/mol. The molecule has 202 valence electrons. The average Bonchev–Trinajstić information content (AvgIpc) is 3.64. The zero-order valence-electron chi connectivity index (χ0n) is 22.2. The van der Waals surface area contributed by atoms with Crippen LogP contribution < -0.4 is 5.32 Å². The topological polar surface area (TPSA) is 86.1 Å². The fourth-order valence-corrected chi connectivity index (χ4v) is 7.71. The van der Waals surface area contributed by atoms with E-state index in [1.165, 1.54) is 47.1 Å². The van der Waals surface area contributed by atoms with Gasteiger partial charge in [0.05, 0.1) is 12.9 Å². The second kappa shape index (κ2) is 11.9. The van der Waals surface area contributed by atoms with Crippen LogP contribution in [0.3, 0.4) is 0 Å². The maximum Gasteiger partial charge on any atom is 0.341 e. The van der Waals surface area contributed by atoms with Crippen LogP contribution in [0.2, 0.25) is 0 Å².